The van der Waals surface area contributed by atoms with E-state index in [1.54, 1.807) is 13.8 Å². The molecular formula is C15H25NO3. The molecule has 2 N–H and O–H groups in total. The number of carbonyl (C=O) groups is 2. The number of hydrogen-bond acceptors (Lipinski definition) is 2. The molecule has 0 aromatic carbocycles. The van der Waals surface area contributed by atoms with Crippen LogP contribution in [0.15, 0.2) is 0 Å². The van der Waals surface area contributed by atoms with Gasteiger partial charge in [-0.05, 0) is 44.9 Å². The first kappa shape index (κ1) is 14.4. The Bertz CT molecular complexity index is 364. The van der Waals surface area contributed by atoms with Crippen molar-refractivity contribution in [2.45, 2.75) is 64.3 Å². The molecule has 0 aromatic rings. The fourth-order valence-electron chi connectivity index (χ4n) is 3.58. The maximum Gasteiger partial charge on any atom is 0.328 e. The Hall–Kier alpha value is -1.06. The Kier molecular flexibility index (Phi) is 4.16. The second kappa shape index (κ2) is 5.51. The van der Waals surface area contributed by atoms with Crippen LogP contribution >= 0.6 is 0 Å². The summed E-state index contributed by atoms with van der Waals surface area (Å²) in [4.78, 5) is 23.3. The minimum atomic E-state index is -1.17. The van der Waals surface area contributed by atoms with Gasteiger partial charge in [-0.2, -0.15) is 0 Å². The van der Waals surface area contributed by atoms with Crippen molar-refractivity contribution in [2.24, 2.45) is 17.8 Å². The van der Waals surface area contributed by atoms with E-state index in [0.29, 0.717) is 5.92 Å². The highest BCUT2D eigenvalue weighted by molar-refractivity contribution is 5.87. The molecule has 2 fully saturated rings. The van der Waals surface area contributed by atoms with Crippen LogP contribution in [-0.2, 0) is 9.59 Å². The van der Waals surface area contributed by atoms with E-state index >= 15 is 0 Å². The van der Waals surface area contributed by atoms with Gasteiger partial charge in [0, 0.05) is 5.92 Å². The van der Waals surface area contributed by atoms with E-state index in [2.05, 4.69) is 5.32 Å². The van der Waals surface area contributed by atoms with Gasteiger partial charge in [-0.15, -0.1) is 0 Å². The van der Waals surface area contributed by atoms with E-state index in [4.69, 9.17) is 5.11 Å². The number of hydrogen-bond donors (Lipinski definition) is 2. The van der Waals surface area contributed by atoms with Gasteiger partial charge in [0.1, 0.15) is 5.54 Å². The van der Waals surface area contributed by atoms with Gasteiger partial charge in [0.05, 0.1) is 0 Å². The van der Waals surface area contributed by atoms with Gasteiger partial charge >= 0.3 is 5.97 Å². The number of carboxylic acid groups (broad SMARTS) is 1. The molecule has 0 heterocycles. The highest BCUT2D eigenvalue weighted by atomic mass is 16.4. The summed E-state index contributed by atoms with van der Waals surface area (Å²) < 4.78 is 0. The predicted octanol–water partition coefficient (Wildman–Crippen LogP) is 2.57. The van der Waals surface area contributed by atoms with Crippen molar-refractivity contribution in [3.8, 4) is 0 Å². The molecule has 0 bridgehead atoms. The lowest BCUT2D eigenvalue weighted by molar-refractivity contribution is -0.147. The van der Waals surface area contributed by atoms with Gasteiger partial charge in [-0.3, -0.25) is 4.79 Å². The average Bonchev–Trinajstić information content (AvgIpc) is 2.37. The zero-order valence-corrected chi connectivity index (χ0v) is 11.9. The summed E-state index contributed by atoms with van der Waals surface area (Å²) in [6.07, 6.45) is 8.20. The van der Waals surface area contributed by atoms with Crippen LogP contribution in [0.2, 0.25) is 0 Å². The second-order valence-corrected chi connectivity index (χ2v) is 6.73. The van der Waals surface area contributed by atoms with Crippen LogP contribution in [0.5, 0.6) is 0 Å². The van der Waals surface area contributed by atoms with Gasteiger partial charge in [0.25, 0.3) is 0 Å². The molecule has 4 nitrogen and oxygen atoms in total. The van der Waals surface area contributed by atoms with Gasteiger partial charge in [0.15, 0.2) is 0 Å². The summed E-state index contributed by atoms with van der Waals surface area (Å²) in [7, 11) is 0. The number of carbonyl (C=O) groups excluding carboxylic acids is 1. The van der Waals surface area contributed by atoms with Crippen molar-refractivity contribution in [3.63, 3.8) is 0 Å². The quantitative estimate of drug-likeness (QED) is 0.826. The third-order valence-corrected chi connectivity index (χ3v) is 4.88. The Morgan fingerprint density at radius 1 is 1.05 bits per heavy atom. The van der Waals surface area contributed by atoms with E-state index in [0.717, 1.165) is 25.2 Å². The van der Waals surface area contributed by atoms with Crippen LogP contribution in [-0.4, -0.2) is 22.5 Å². The Labute approximate surface area is 115 Å². The normalized spacial score (nSPS) is 31.4. The third kappa shape index (κ3) is 3.28. The molecule has 0 spiro atoms. The number of nitrogens with one attached hydrogen (secondary N) is 1. The molecule has 108 valence electrons. The first-order valence-electron chi connectivity index (χ1n) is 7.45. The molecular weight excluding hydrogens is 242 g/mol. The molecule has 2 aliphatic rings. The molecule has 0 aliphatic heterocycles. The number of rotatable bonds is 3. The molecule has 3 unspecified atom stereocenters. The topological polar surface area (TPSA) is 66.4 Å². The van der Waals surface area contributed by atoms with E-state index in [-0.39, 0.29) is 11.8 Å². The number of fused-ring (bicyclic) bond motifs is 1. The van der Waals surface area contributed by atoms with Crippen molar-refractivity contribution in [1.29, 1.82) is 0 Å². The molecule has 0 saturated heterocycles. The van der Waals surface area contributed by atoms with E-state index in [1.165, 1.54) is 25.7 Å². The van der Waals surface area contributed by atoms with E-state index < -0.39 is 11.5 Å². The van der Waals surface area contributed by atoms with Crippen molar-refractivity contribution in [2.75, 3.05) is 0 Å². The lowest BCUT2D eigenvalue weighted by atomic mass is 9.67. The van der Waals surface area contributed by atoms with Crippen LogP contribution in [0.25, 0.3) is 0 Å². The lowest BCUT2D eigenvalue weighted by Gasteiger charge is -2.39. The van der Waals surface area contributed by atoms with Crippen LogP contribution in [0, 0.1) is 17.8 Å². The zero-order chi connectivity index (χ0) is 14.0. The summed E-state index contributed by atoms with van der Waals surface area (Å²) in [6, 6.07) is 0. The van der Waals surface area contributed by atoms with Gasteiger partial charge in [-0.25, -0.2) is 4.79 Å². The Morgan fingerprint density at radius 3 is 2.32 bits per heavy atom. The van der Waals surface area contributed by atoms with Gasteiger partial charge in [0.2, 0.25) is 5.91 Å². The zero-order valence-electron chi connectivity index (χ0n) is 11.9. The standard InChI is InChI=1S/C15H25NO3/c1-15(2,14(18)19)16-13(17)12-8-7-10-5-3-4-6-11(10)9-12/h10-12H,3-9H2,1-2H3,(H,16,17)(H,18,19). The van der Waals surface area contributed by atoms with Crippen molar-refractivity contribution < 1.29 is 14.7 Å². The summed E-state index contributed by atoms with van der Waals surface area (Å²) in [5, 5.41) is 11.7. The van der Waals surface area contributed by atoms with Crippen LogP contribution < -0.4 is 5.32 Å². The largest absolute Gasteiger partial charge is 0.480 e. The molecule has 3 atom stereocenters. The minimum Gasteiger partial charge on any atom is -0.480 e. The molecule has 2 saturated carbocycles. The molecule has 19 heavy (non-hydrogen) atoms. The van der Waals surface area contributed by atoms with Crippen LogP contribution in [0.3, 0.4) is 0 Å². The molecule has 0 aromatic heterocycles. The van der Waals surface area contributed by atoms with Gasteiger partial charge < -0.3 is 10.4 Å². The monoisotopic (exact) mass is 267 g/mol. The van der Waals surface area contributed by atoms with Crippen molar-refractivity contribution in [1.82, 2.24) is 5.32 Å². The lowest BCUT2D eigenvalue weighted by Crippen LogP contribution is -2.52. The van der Waals surface area contributed by atoms with Crippen molar-refractivity contribution >= 4 is 11.9 Å². The Morgan fingerprint density at radius 2 is 1.68 bits per heavy atom. The minimum absolute atomic E-state index is 0.0120. The van der Waals surface area contributed by atoms with E-state index in [9.17, 15) is 9.59 Å². The maximum atomic E-state index is 12.2. The smallest absolute Gasteiger partial charge is 0.328 e. The molecule has 0 radical (unpaired) electrons. The van der Waals surface area contributed by atoms with Crippen molar-refractivity contribution in [3.05, 3.63) is 0 Å². The molecule has 2 rings (SSSR count). The molecule has 1 amide bonds. The number of aliphatic carboxylic acids is 1. The van der Waals surface area contributed by atoms with Crippen LogP contribution in [0.1, 0.15) is 58.8 Å². The van der Waals surface area contributed by atoms with Gasteiger partial charge in [-0.1, -0.05) is 25.7 Å². The Balaban J connectivity index is 1.92. The fourth-order valence-corrected chi connectivity index (χ4v) is 3.58. The second-order valence-electron chi connectivity index (χ2n) is 6.73. The fraction of sp³-hybridized carbons (Fsp3) is 0.867. The highest BCUT2D eigenvalue weighted by Crippen LogP contribution is 2.42. The summed E-state index contributed by atoms with van der Waals surface area (Å²) in [5.74, 6) is 0.457. The summed E-state index contributed by atoms with van der Waals surface area (Å²) in [6.45, 7) is 3.08. The first-order valence-corrected chi connectivity index (χ1v) is 7.45. The first-order chi connectivity index (χ1) is 8.90. The highest BCUT2D eigenvalue weighted by Gasteiger charge is 2.37. The predicted molar refractivity (Wildman–Crippen MR) is 72.6 cm³/mol. The maximum absolute atomic E-state index is 12.2. The summed E-state index contributed by atoms with van der Waals surface area (Å²) in [5.41, 5.74) is -1.17. The SMILES string of the molecule is CC(C)(NC(=O)C1CCC2CCCCC2C1)C(=O)O. The summed E-state index contributed by atoms with van der Waals surface area (Å²) >= 11 is 0. The number of amides is 1. The van der Waals surface area contributed by atoms with Crippen LogP contribution in [0.4, 0.5) is 0 Å². The van der Waals surface area contributed by atoms with E-state index in [1.807, 2.05) is 0 Å². The average molecular weight is 267 g/mol. The number of carboxylic acids is 1. The molecule has 2 aliphatic carbocycles. The third-order valence-electron chi connectivity index (χ3n) is 4.88. The molecule has 4 heteroatoms.